The molecule has 0 aliphatic carbocycles. The summed E-state index contributed by atoms with van der Waals surface area (Å²) in [5, 5.41) is 75.2. The summed E-state index contributed by atoms with van der Waals surface area (Å²) < 4.78 is 2.54. The summed E-state index contributed by atoms with van der Waals surface area (Å²) in [5.41, 5.74) is 0. The normalized spacial score (nSPS) is 26.8. The van der Waals surface area contributed by atoms with Gasteiger partial charge in [-0.05, 0) is 15.9 Å². The Morgan fingerprint density at radius 2 is 1.03 bits per heavy atom. The number of hydrogen-bond donors (Lipinski definition) is 9. The fourth-order valence-corrected chi connectivity index (χ4v) is 1.63. The standard InChI is InChI=1S/C6H11BrO6.4C2H4O2/c7-6(12)5(11)4(10)3(9)2(1-8)13-6;4*1-2(3)4/h2-5,8-12H,1H2;4*1H3,(H,3,4)/t2-,3-,4+,5-,6-;;;;/m1..../s1. The number of halogens is 1. The lowest BCUT2D eigenvalue weighted by molar-refractivity contribution is -0.301. The highest BCUT2D eigenvalue weighted by Crippen LogP contribution is 2.32. The van der Waals surface area contributed by atoms with Gasteiger partial charge < -0.3 is 50.7 Å². The van der Waals surface area contributed by atoms with E-state index in [4.69, 9.17) is 44.7 Å². The molecule has 0 aromatic carbocycles. The SMILES string of the molecule is CC(=O)O.CC(=O)O.CC(=O)O.CC(=O)O.OC[C@H]1O[C@@](O)(Br)[C@H](O)[C@@H](O)[C@@H]1O. The van der Waals surface area contributed by atoms with Gasteiger partial charge >= 0.3 is 0 Å². The van der Waals surface area contributed by atoms with E-state index in [1.807, 2.05) is 0 Å². The molecule has 0 bridgehead atoms. The first-order valence-electron chi connectivity index (χ1n) is 7.35. The lowest BCUT2D eigenvalue weighted by Gasteiger charge is -2.42. The number of carboxylic acids is 4. The molecule has 0 amide bonds. The maximum atomic E-state index is 9.29. The summed E-state index contributed by atoms with van der Waals surface area (Å²) in [6.45, 7) is 3.76. The number of rotatable bonds is 1. The molecule has 15 heteroatoms. The number of aliphatic hydroxyl groups excluding tert-OH is 4. The van der Waals surface area contributed by atoms with Crippen molar-refractivity contribution in [1.82, 2.24) is 0 Å². The summed E-state index contributed by atoms with van der Waals surface area (Å²) in [7, 11) is 0. The Labute approximate surface area is 173 Å². The molecule has 1 aliphatic rings. The highest BCUT2D eigenvalue weighted by molar-refractivity contribution is 9.10. The van der Waals surface area contributed by atoms with Crippen LogP contribution in [0.1, 0.15) is 27.7 Å². The zero-order chi connectivity index (χ0) is 24.5. The van der Waals surface area contributed by atoms with Crippen LogP contribution in [0.5, 0.6) is 0 Å². The van der Waals surface area contributed by atoms with E-state index in [1.54, 1.807) is 0 Å². The third-order valence-electron chi connectivity index (χ3n) is 1.92. The van der Waals surface area contributed by atoms with Crippen molar-refractivity contribution in [3.63, 3.8) is 0 Å². The van der Waals surface area contributed by atoms with Gasteiger partial charge in [0.05, 0.1) is 6.61 Å². The zero-order valence-corrected chi connectivity index (χ0v) is 17.5. The van der Waals surface area contributed by atoms with Crippen molar-refractivity contribution >= 4 is 39.8 Å². The first-order chi connectivity index (χ1) is 12.8. The number of ether oxygens (including phenoxy) is 1. The van der Waals surface area contributed by atoms with Crippen LogP contribution < -0.4 is 0 Å². The number of aliphatic hydroxyl groups is 5. The monoisotopic (exact) mass is 498 g/mol. The third-order valence-corrected chi connectivity index (χ3v) is 2.57. The summed E-state index contributed by atoms with van der Waals surface area (Å²) in [4.78, 5) is 36.0. The van der Waals surface area contributed by atoms with Crippen molar-refractivity contribution in [2.75, 3.05) is 6.61 Å². The van der Waals surface area contributed by atoms with Crippen molar-refractivity contribution in [3.05, 3.63) is 0 Å². The Balaban J connectivity index is -0.000000162. The molecule has 0 radical (unpaired) electrons. The van der Waals surface area contributed by atoms with Crippen LogP contribution in [0, 0.1) is 0 Å². The van der Waals surface area contributed by atoms with Crippen LogP contribution in [0.4, 0.5) is 0 Å². The average molecular weight is 499 g/mol. The molecule has 1 fully saturated rings. The Morgan fingerprint density at radius 3 is 1.24 bits per heavy atom. The molecule has 0 saturated carbocycles. The zero-order valence-electron chi connectivity index (χ0n) is 16.0. The van der Waals surface area contributed by atoms with Gasteiger partial charge in [-0.3, -0.25) is 19.2 Å². The van der Waals surface area contributed by atoms with Crippen molar-refractivity contribution in [2.45, 2.75) is 56.8 Å². The number of carbonyl (C=O) groups is 4. The van der Waals surface area contributed by atoms with E-state index in [0.29, 0.717) is 0 Å². The molecule has 174 valence electrons. The first kappa shape index (κ1) is 34.6. The minimum absolute atomic E-state index is 0.571. The van der Waals surface area contributed by atoms with Gasteiger partial charge in [-0.15, -0.1) is 0 Å². The molecule has 0 spiro atoms. The second-order valence-corrected chi connectivity index (χ2v) is 6.09. The molecule has 0 unspecified atom stereocenters. The van der Waals surface area contributed by atoms with Crippen LogP contribution in [-0.4, -0.2) is 106 Å². The molecule has 9 N–H and O–H groups in total. The van der Waals surface area contributed by atoms with Crippen LogP contribution >= 0.6 is 15.9 Å². The fourth-order valence-electron chi connectivity index (χ4n) is 1.11. The van der Waals surface area contributed by atoms with Gasteiger partial charge in [0.15, 0.2) is 0 Å². The highest BCUT2D eigenvalue weighted by atomic mass is 79.9. The van der Waals surface area contributed by atoms with Crippen LogP contribution in [0.15, 0.2) is 0 Å². The van der Waals surface area contributed by atoms with Gasteiger partial charge in [0.25, 0.3) is 28.6 Å². The molecule has 1 heterocycles. The van der Waals surface area contributed by atoms with Crippen molar-refractivity contribution in [3.8, 4) is 0 Å². The van der Waals surface area contributed by atoms with Gasteiger partial charge in [0, 0.05) is 27.7 Å². The van der Waals surface area contributed by atoms with Gasteiger partial charge in [-0.2, -0.15) is 0 Å². The molecule has 1 aliphatic heterocycles. The minimum atomic E-state index is -2.14. The molecule has 0 aromatic heterocycles. The lowest BCUT2D eigenvalue weighted by atomic mass is 9.99. The molecule has 5 atom stereocenters. The number of alkyl halides is 1. The Morgan fingerprint density at radius 1 is 0.793 bits per heavy atom. The van der Waals surface area contributed by atoms with E-state index in [-0.39, 0.29) is 0 Å². The fraction of sp³-hybridized carbons (Fsp3) is 0.714. The molecule has 0 aromatic rings. The molecule has 1 rings (SSSR count). The molecule has 1 saturated heterocycles. The smallest absolute Gasteiger partial charge is 0.300 e. The van der Waals surface area contributed by atoms with E-state index < -0.39 is 59.6 Å². The topological polar surface area (TPSA) is 260 Å². The van der Waals surface area contributed by atoms with Crippen molar-refractivity contribution < 1.29 is 69.9 Å². The second kappa shape index (κ2) is 18.2. The van der Waals surface area contributed by atoms with Crippen molar-refractivity contribution in [2.24, 2.45) is 0 Å². The average Bonchev–Trinajstić information content (AvgIpc) is 2.47. The highest BCUT2D eigenvalue weighted by Gasteiger charge is 2.51. The Bertz CT molecular complexity index is 429. The van der Waals surface area contributed by atoms with Gasteiger partial charge in [0.2, 0.25) is 0 Å². The van der Waals surface area contributed by atoms with Crippen LogP contribution in [0.3, 0.4) is 0 Å². The predicted molar refractivity (Wildman–Crippen MR) is 97.1 cm³/mol. The van der Waals surface area contributed by atoms with E-state index >= 15 is 0 Å². The quantitative estimate of drug-likeness (QED) is 0.175. The Hall–Kier alpha value is -1.88. The minimum Gasteiger partial charge on any atom is -0.481 e. The van der Waals surface area contributed by atoms with Crippen molar-refractivity contribution in [1.29, 1.82) is 0 Å². The van der Waals surface area contributed by atoms with Crippen LogP contribution in [0.25, 0.3) is 0 Å². The number of hydrogen-bond acceptors (Lipinski definition) is 10. The molecule has 14 nitrogen and oxygen atoms in total. The molecular formula is C14H27BrO14. The maximum Gasteiger partial charge on any atom is 0.300 e. The maximum absolute atomic E-state index is 9.29. The van der Waals surface area contributed by atoms with Crippen LogP contribution in [-0.2, 0) is 23.9 Å². The van der Waals surface area contributed by atoms with E-state index in [1.165, 1.54) is 0 Å². The van der Waals surface area contributed by atoms with E-state index in [2.05, 4.69) is 20.7 Å². The number of aliphatic carboxylic acids is 4. The van der Waals surface area contributed by atoms with E-state index in [0.717, 1.165) is 27.7 Å². The summed E-state index contributed by atoms with van der Waals surface area (Å²) in [6.07, 6.45) is -5.82. The second-order valence-electron chi connectivity index (χ2n) is 4.95. The third kappa shape index (κ3) is 28.4. The summed E-state index contributed by atoms with van der Waals surface area (Å²) >= 11 is 2.61. The largest absolute Gasteiger partial charge is 0.481 e. The lowest BCUT2D eigenvalue weighted by Crippen LogP contribution is -2.62. The Kier molecular flexibility index (Phi) is 21.7. The molecule has 29 heavy (non-hydrogen) atoms. The molecular weight excluding hydrogens is 472 g/mol. The summed E-state index contributed by atoms with van der Waals surface area (Å²) in [5.74, 6) is -3.33. The summed E-state index contributed by atoms with van der Waals surface area (Å²) in [6, 6.07) is 0. The first-order valence-corrected chi connectivity index (χ1v) is 8.14. The number of carboxylic acid groups (broad SMARTS) is 4. The van der Waals surface area contributed by atoms with Crippen LogP contribution in [0.2, 0.25) is 0 Å². The van der Waals surface area contributed by atoms with Gasteiger partial charge in [-0.1, -0.05) is 0 Å². The predicted octanol–water partition coefficient (Wildman–Crippen LogP) is -2.14. The van der Waals surface area contributed by atoms with E-state index in [9.17, 15) is 20.4 Å². The van der Waals surface area contributed by atoms with Gasteiger partial charge in [0.1, 0.15) is 24.4 Å². The van der Waals surface area contributed by atoms with Gasteiger partial charge in [-0.25, -0.2) is 0 Å².